The standard InChI is InChI=1S/C17H18N2OS/c1-12(20)13-6-7-14(10-18)15(9-13)19-11-17(2,3)16-5-4-8-21-16/h4-9,19H,11H2,1-3H3. The highest BCUT2D eigenvalue weighted by Gasteiger charge is 2.22. The van der Waals surface area contributed by atoms with Gasteiger partial charge in [0, 0.05) is 22.4 Å². The van der Waals surface area contributed by atoms with Gasteiger partial charge in [-0.15, -0.1) is 11.3 Å². The van der Waals surface area contributed by atoms with E-state index in [4.69, 9.17) is 0 Å². The number of rotatable bonds is 5. The van der Waals surface area contributed by atoms with Gasteiger partial charge in [0.15, 0.2) is 5.78 Å². The van der Waals surface area contributed by atoms with Crippen molar-refractivity contribution in [3.63, 3.8) is 0 Å². The first-order valence-electron chi connectivity index (χ1n) is 6.77. The highest BCUT2D eigenvalue weighted by atomic mass is 32.1. The Balaban J connectivity index is 2.21. The maximum absolute atomic E-state index is 11.5. The van der Waals surface area contributed by atoms with Gasteiger partial charge in [0.2, 0.25) is 0 Å². The third-order valence-electron chi connectivity index (χ3n) is 3.46. The number of hydrogen-bond donors (Lipinski definition) is 1. The third-order valence-corrected chi connectivity index (χ3v) is 4.69. The van der Waals surface area contributed by atoms with Gasteiger partial charge in [-0.1, -0.05) is 19.9 Å². The normalized spacial score (nSPS) is 11.0. The molecule has 0 unspecified atom stereocenters. The molecular formula is C17H18N2OS. The molecular weight excluding hydrogens is 280 g/mol. The van der Waals surface area contributed by atoms with Gasteiger partial charge in [-0.2, -0.15) is 5.26 Å². The maximum Gasteiger partial charge on any atom is 0.159 e. The summed E-state index contributed by atoms with van der Waals surface area (Å²) in [6, 6.07) is 11.5. The van der Waals surface area contributed by atoms with Crippen LogP contribution in [0.5, 0.6) is 0 Å². The topological polar surface area (TPSA) is 52.9 Å². The summed E-state index contributed by atoms with van der Waals surface area (Å²) < 4.78 is 0. The van der Waals surface area contributed by atoms with Crippen molar-refractivity contribution in [3.8, 4) is 6.07 Å². The molecule has 0 spiro atoms. The number of benzene rings is 1. The van der Waals surface area contributed by atoms with Crippen molar-refractivity contribution in [1.29, 1.82) is 5.26 Å². The molecule has 0 saturated heterocycles. The molecule has 0 saturated carbocycles. The Labute approximate surface area is 129 Å². The minimum absolute atomic E-state index is 0.0000526. The van der Waals surface area contributed by atoms with Crippen molar-refractivity contribution in [2.75, 3.05) is 11.9 Å². The molecule has 1 aromatic heterocycles. The molecule has 2 rings (SSSR count). The lowest BCUT2D eigenvalue weighted by Gasteiger charge is -2.24. The summed E-state index contributed by atoms with van der Waals surface area (Å²) in [5.41, 5.74) is 1.86. The van der Waals surface area contributed by atoms with Crippen LogP contribution in [0.3, 0.4) is 0 Å². The summed E-state index contributed by atoms with van der Waals surface area (Å²) in [5.74, 6) is 0.0000526. The lowest BCUT2D eigenvalue weighted by Crippen LogP contribution is -2.26. The van der Waals surface area contributed by atoms with Crippen LogP contribution in [0.15, 0.2) is 35.7 Å². The maximum atomic E-state index is 11.5. The summed E-state index contributed by atoms with van der Waals surface area (Å²) in [5, 5.41) is 14.6. The number of nitrogens with zero attached hydrogens (tertiary/aromatic N) is 1. The number of carbonyl (C=O) groups excluding carboxylic acids is 1. The molecule has 21 heavy (non-hydrogen) atoms. The van der Waals surface area contributed by atoms with E-state index in [1.807, 2.05) is 6.07 Å². The van der Waals surface area contributed by atoms with Gasteiger partial charge in [0.1, 0.15) is 6.07 Å². The molecule has 108 valence electrons. The summed E-state index contributed by atoms with van der Waals surface area (Å²) in [4.78, 5) is 12.8. The monoisotopic (exact) mass is 298 g/mol. The van der Waals surface area contributed by atoms with E-state index in [2.05, 4.69) is 36.7 Å². The molecule has 0 radical (unpaired) electrons. The van der Waals surface area contributed by atoms with Crippen LogP contribution in [0.2, 0.25) is 0 Å². The fraction of sp³-hybridized carbons (Fsp3) is 0.294. The van der Waals surface area contributed by atoms with Crippen LogP contribution < -0.4 is 5.32 Å². The van der Waals surface area contributed by atoms with Gasteiger partial charge in [0.25, 0.3) is 0 Å². The second kappa shape index (κ2) is 6.11. The van der Waals surface area contributed by atoms with Crippen LogP contribution in [0.25, 0.3) is 0 Å². The predicted octanol–water partition coefficient (Wildman–Crippen LogP) is 4.21. The molecule has 1 heterocycles. The predicted molar refractivity (Wildman–Crippen MR) is 87.0 cm³/mol. The Hall–Kier alpha value is -2.12. The zero-order valence-corrected chi connectivity index (χ0v) is 13.3. The minimum Gasteiger partial charge on any atom is -0.383 e. The molecule has 0 fully saturated rings. The van der Waals surface area contributed by atoms with Gasteiger partial charge in [-0.25, -0.2) is 0 Å². The Morgan fingerprint density at radius 2 is 2.14 bits per heavy atom. The number of ketones is 1. The molecule has 0 aliphatic heterocycles. The summed E-state index contributed by atoms with van der Waals surface area (Å²) in [6.07, 6.45) is 0. The molecule has 4 heteroatoms. The second-order valence-corrected chi connectivity index (χ2v) is 6.59. The Kier molecular flexibility index (Phi) is 4.44. The molecule has 3 nitrogen and oxygen atoms in total. The Bertz CT molecular complexity index is 681. The molecule has 0 amide bonds. The Morgan fingerprint density at radius 1 is 1.38 bits per heavy atom. The van der Waals surface area contributed by atoms with Crippen molar-refractivity contribution < 1.29 is 4.79 Å². The number of nitrogens with one attached hydrogen (secondary N) is 1. The molecule has 0 bridgehead atoms. The van der Waals surface area contributed by atoms with Crippen molar-refractivity contribution in [1.82, 2.24) is 0 Å². The number of hydrogen-bond acceptors (Lipinski definition) is 4. The van der Waals surface area contributed by atoms with E-state index < -0.39 is 0 Å². The first-order chi connectivity index (χ1) is 9.94. The van der Waals surface area contributed by atoms with Crippen LogP contribution in [0.1, 0.15) is 41.6 Å². The molecule has 0 aliphatic rings. The zero-order chi connectivity index (χ0) is 15.5. The second-order valence-electron chi connectivity index (χ2n) is 5.64. The van der Waals surface area contributed by atoms with Crippen LogP contribution in [-0.2, 0) is 5.41 Å². The van der Waals surface area contributed by atoms with Crippen LogP contribution in [-0.4, -0.2) is 12.3 Å². The van der Waals surface area contributed by atoms with Crippen LogP contribution in [0, 0.1) is 11.3 Å². The molecule has 2 aromatic rings. The van der Waals surface area contributed by atoms with E-state index in [-0.39, 0.29) is 11.2 Å². The van der Waals surface area contributed by atoms with E-state index >= 15 is 0 Å². The van der Waals surface area contributed by atoms with Gasteiger partial charge in [-0.05, 0) is 36.6 Å². The van der Waals surface area contributed by atoms with Crippen molar-refractivity contribution in [3.05, 3.63) is 51.7 Å². The van der Waals surface area contributed by atoms with E-state index in [1.54, 1.807) is 29.5 Å². The summed E-state index contributed by atoms with van der Waals surface area (Å²) in [6.45, 7) is 6.55. The van der Waals surface area contributed by atoms with E-state index in [9.17, 15) is 10.1 Å². The van der Waals surface area contributed by atoms with Crippen LogP contribution >= 0.6 is 11.3 Å². The largest absolute Gasteiger partial charge is 0.383 e. The van der Waals surface area contributed by atoms with Crippen molar-refractivity contribution in [2.24, 2.45) is 0 Å². The average molecular weight is 298 g/mol. The number of carbonyl (C=O) groups is 1. The number of thiophene rings is 1. The number of Topliss-reactive ketones (excluding diaryl/α,β-unsaturated/α-hetero) is 1. The first kappa shape index (κ1) is 15.3. The van der Waals surface area contributed by atoms with Crippen LogP contribution in [0.4, 0.5) is 5.69 Å². The van der Waals surface area contributed by atoms with Gasteiger partial charge in [0.05, 0.1) is 11.3 Å². The lowest BCUT2D eigenvalue weighted by atomic mass is 9.91. The van der Waals surface area contributed by atoms with Gasteiger partial charge < -0.3 is 5.32 Å². The first-order valence-corrected chi connectivity index (χ1v) is 7.65. The molecule has 1 N–H and O–H groups in total. The zero-order valence-electron chi connectivity index (χ0n) is 12.4. The SMILES string of the molecule is CC(=O)c1ccc(C#N)c(NCC(C)(C)c2cccs2)c1. The fourth-order valence-corrected chi connectivity index (χ4v) is 2.93. The van der Waals surface area contributed by atoms with Crippen molar-refractivity contribution in [2.45, 2.75) is 26.2 Å². The van der Waals surface area contributed by atoms with Gasteiger partial charge >= 0.3 is 0 Å². The van der Waals surface area contributed by atoms with Gasteiger partial charge in [-0.3, -0.25) is 4.79 Å². The molecule has 1 aromatic carbocycles. The smallest absolute Gasteiger partial charge is 0.159 e. The number of nitriles is 1. The van der Waals surface area contributed by atoms with E-state index in [1.165, 1.54) is 11.8 Å². The fourth-order valence-electron chi connectivity index (χ4n) is 2.07. The van der Waals surface area contributed by atoms with E-state index in [0.29, 0.717) is 17.7 Å². The Morgan fingerprint density at radius 3 is 2.71 bits per heavy atom. The van der Waals surface area contributed by atoms with E-state index in [0.717, 1.165) is 5.69 Å². The average Bonchev–Trinajstić information content (AvgIpc) is 2.99. The third kappa shape index (κ3) is 3.50. The lowest BCUT2D eigenvalue weighted by molar-refractivity contribution is 0.101. The highest BCUT2D eigenvalue weighted by molar-refractivity contribution is 7.10. The minimum atomic E-state index is -0.0346. The molecule has 0 atom stereocenters. The van der Waals surface area contributed by atoms with Crippen molar-refractivity contribution >= 4 is 22.8 Å². The summed E-state index contributed by atoms with van der Waals surface area (Å²) in [7, 11) is 0. The number of anilines is 1. The summed E-state index contributed by atoms with van der Waals surface area (Å²) >= 11 is 1.72. The molecule has 0 aliphatic carbocycles. The quantitative estimate of drug-likeness (QED) is 0.841. The highest BCUT2D eigenvalue weighted by Crippen LogP contribution is 2.28.